The maximum absolute atomic E-state index is 12.7. The van der Waals surface area contributed by atoms with Crippen LogP contribution < -0.4 is 17.2 Å². The molecule has 5 unspecified atom stereocenters. The number of carbonyl (C=O) groups excluding carboxylic acids is 1. The van der Waals surface area contributed by atoms with E-state index in [9.17, 15) is 18.3 Å². The molecule has 22 heavy (non-hydrogen) atoms. The van der Waals surface area contributed by atoms with Crippen LogP contribution in [0.4, 0.5) is 0 Å². The monoisotopic (exact) mass is 334 g/mol. The van der Waals surface area contributed by atoms with Gasteiger partial charge < -0.3 is 27.4 Å². The summed E-state index contributed by atoms with van der Waals surface area (Å²) in [6.07, 6.45) is 0.491. The second-order valence-corrected chi connectivity index (χ2v) is 8.39. The van der Waals surface area contributed by atoms with Crippen molar-refractivity contribution < 1.29 is 23.4 Å². The number of rotatable bonds is 5. The number of primary amides is 1. The van der Waals surface area contributed by atoms with Gasteiger partial charge in [0.15, 0.2) is 15.8 Å². The molecular formula is C12H22N4O5S. The number of nitrogens with zero attached hydrogens (tertiary/aromatic N) is 1. The van der Waals surface area contributed by atoms with Crippen LogP contribution in [0.1, 0.15) is 25.7 Å². The molecule has 126 valence electrons. The number of sulfone groups is 1. The fraction of sp³-hybridized carbons (Fsp3) is 0.833. The third-order valence-corrected chi connectivity index (χ3v) is 7.45. The van der Waals surface area contributed by atoms with Gasteiger partial charge in [0, 0.05) is 18.9 Å². The van der Waals surface area contributed by atoms with Gasteiger partial charge in [0.05, 0.1) is 16.5 Å². The topological polar surface area (TPSA) is 182 Å². The van der Waals surface area contributed by atoms with Gasteiger partial charge in [-0.1, -0.05) is 0 Å². The van der Waals surface area contributed by atoms with Crippen LogP contribution in [0.15, 0.2) is 4.99 Å². The van der Waals surface area contributed by atoms with Crippen LogP contribution in [0.3, 0.4) is 0 Å². The third kappa shape index (κ3) is 2.55. The molecular weight excluding hydrogens is 312 g/mol. The molecule has 2 fully saturated rings. The lowest BCUT2D eigenvalue weighted by atomic mass is 9.86. The second-order valence-electron chi connectivity index (χ2n) is 6.00. The molecule has 1 aliphatic carbocycles. The Balaban J connectivity index is 2.42. The average Bonchev–Trinajstić information content (AvgIpc) is 2.82. The second kappa shape index (κ2) is 5.67. The molecule has 0 bridgehead atoms. The maximum Gasteiger partial charge on any atom is 0.249 e. The van der Waals surface area contributed by atoms with Crippen LogP contribution in [0, 0.1) is 5.92 Å². The number of aliphatic hydroxyl groups excluding tert-OH is 1. The van der Waals surface area contributed by atoms with Crippen molar-refractivity contribution in [2.45, 2.75) is 47.8 Å². The van der Waals surface area contributed by atoms with E-state index in [0.29, 0.717) is 6.42 Å². The van der Waals surface area contributed by atoms with E-state index in [-0.39, 0.29) is 31.8 Å². The predicted octanol–water partition coefficient (Wildman–Crippen LogP) is -2.81. The number of nitrogens with two attached hydrogens (primary N) is 3. The lowest BCUT2D eigenvalue weighted by Gasteiger charge is -2.25. The number of aliphatic imine (C=N–C) groups is 1. The van der Waals surface area contributed by atoms with E-state index in [0.717, 1.165) is 0 Å². The van der Waals surface area contributed by atoms with Gasteiger partial charge in [-0.2, -0.15) is 0 Å². The first-order chi connectivity index (χ1) is 10.1. The molecule has 9 nitrogen and oxygen atoms in total. The zero-order chi connectivity index (χ0) is 16.7. The Morgan fingerprint density at radius 2 is 1.95 bits per heavy atom. The van der Waals surface area contributed by atoms with Gasteiger partial charge in [-0.05, 0) is 19.3 Å². The minimum Gasteiger partial charge on any atom is -0.396 e. The molecule has 0 aromatic carbocycles. The molecule has 0 aromatic rings. The van der Waals surface area contributed by atoms with E-state index in [1.807, 2.05) is 0 Å². The third-order valence-electron chi connectivity index (χ3n) is 4.70. The van der Waals surface area contributed by atoms with Gasteiger partial charge in [0.2, 0.25) is 5.91 Å². The van der Waals surface area contributed by atoms with Crippen LogP contribution in [0.25, 0.3) is 0 Å². The number of aliphatic hydroxyl groups is 2. The fourth-order valence-electron chi connectivity index (χ4n) is 3.74. The summed E-state index contributed by atoms with van der Waals surface area (Å²) in [5.74, 6) is -2.09. The lowest BCUT2D eigenvalue weighted by Crippen LogP contribution is -2.47. The van der Waals surface area contributed by atoms with Gasteiger partial charge >= 0.3 is 0 Å². The Labute approximate surface area is 128 Å². The molecule has 10 heteroatoms. The normalized spacial score (nSPS) is 39.4. The molecule has 1 amide bonds. The highest BCUT2D eigenvalue weighted by Gasteiger charge is 2.65. The molecule has 0 spiro atoms. The number of amides is 1. The largest absolute Gasteiger partial charge is 0.396 e. The molecule has 2 rings (SSSR count). The van der Waals surface area contributed by atoms with Crippen LogP contribution in [-0.2, 0) is 14.6 Å². The summed E-state index contributed by atoms with van der Waals surface area (Å²) in [6, 6.07) is -0.892. The Morgan fingerprint density at radius 1 is 1.32 bits per heavy atom. The number of guanidine groups is 1. The van der Waals surface area contributed by atoms with Crippen molar-refractivity contribution in [2.24, 2.45) is 28.1 Å². The number of carbonyl (C=O) groups is 1. The van der Waals surface area contributed by atoms with Crippen LogP contribution >= 0.6 is 0 Å². The van der Waals surface area contributed by atoms with E-state index in [2.05, 4.69) is 4.99 Å². The van der Waals surface area contributed by atoms with Crippen molar-refractivity contribution >= 4 is 21.7 Å². The highest BCUT2D eigenvalue weighted by molar-refractivity contribution is 7.93. The van der Waals surface area contributed by atoms with Gasteiger partial charge in [0.25, 0.3) is 0 Å². The molecule has 0 radical (unpaired) electrons. The summed E-state index contributed by atoms with van der Waals surface area (Å²) in [5.41, 5.74) is 14.0. The van der Waals surface area contributed by atoms with Crippen LogP contribution in [0.2, 0.25) is 0 Å². The van der Waals surface area contributed by atoms with Crippen molar-refractivity contribution in [1.82, 2.24) is 0 Å². The summed E-state index contributed by atoms with van der Waals surface area (Å²) in [7, 11) is -3.63. The summed E-state index contributed by atoms with van der Waals surface area (Å²) in [4.78, 5) is 15.5. The molecule has 0 aromatic heterocycles. The van der Waals surface area contributed by atoms with Crippen molar-refractivity contribution in [3.8, 4) is 0 Å². The Bertz CT molecular complexity index is 588. The van der Waals surface area contributed by atoms with E-state index >= 15 is 0 Å². The van der Waals surface area contributed by atoms with Crippen molar-refractivity contribution in [3.05, 3.63) is 0 Å². The summed E-state index contributed by atoms with van der Waals surface area (Å²) in [6.45, 7) is -0.126. The molecule has 2 aliphatic rings. The SMILES string of the molecule is NC(=O)C1(O)CC(N=C(N)N)C2C1CC(CCCO)S2(=O)=O. The molecule has 1 heterocycles. The number of fused-ring (bicyclic) bond motifs is 1. The summed E-state index contributed by atoms with van der Waals surface area (Å²) >= 11 is 0. The first-order valence-electron chi connectivity index (χ1n) is 7.09. The number of hydrogen-bond donors (Lipinski definition) is 5. The molecule has 8 N–H and O–H groups in total. The van der Waals surface area contributed by atoms with Gasteiger partial charge in [-0.15, -0.1) is 0 Å². The smallest absolute Gasteiger partial charge is 0.249 e. The van der Waals surface area contributed by atoms with Gasteiger partial charge in [-0.3, -0.25) is 4.79 Å². The highest BCUT2D eigenvalue weighted by Crippen LogP contribution is 2.51. The number of hydrogen-bond acceptors (Lipinski definition) is 6. The van der Waals surface area contributed by atoms with Crippen LogP contribution in [-0.4, -0.2) is 59.2 Å². The quantitative estimate of drug-likeness (QED) is 0.265. The zero-order valence-corrected chi connectivity index (χ0v) is 12.9. The lowest BCUT2D eigenvalue weighted by molar-refractivity contribution is -0.140. The zero-order valence-electron chi connectivity index (χ0n) is 12.1. The van der Waals surface area contributed by atoms with Crippen LogP contribution in [0.5, 0.6) is 0 Å². The van der Waals surface area contributed by atoms with Gasteiger partial charge in [-0.25, -0.2) is 13.4 Å². The highest BCUT2D eigenvalue weighted by atomic mass is 32.2. The maximum atomic E-state index is 12.7. The minimum atomic E-state index is -3.63. The summed E-state index contributed by atoms with van der Waals surface area (Å²) < 4.78 is 25.4. The minimum absolute atomic E-state index is 0.114. The van der Waals surface area contributed by atoms with Gasteiger partial charge in [0.1, 0.15) is 5.60 Å². The Kier molecular flexibility index (Phi) is 4.37. The average molecular weight is 334 g/mol. The van der Waals surface area contributed by atoms with E-state index in [1.54, 1.807) is 0 Å². The van der Waals surface area contributed by atoms with Crippen molar-refractivity contribution in [2.75, 3.05) is 6.61 Å². The van der Waals surface area contributed by atoms with E-state index in [1.165, 1.54) is 0 Å². The van der Waals surface area contributed by atoms with Crippen molar-refractivity contribution in [1.29, 1.82) is 0 Å². The molecule has 1 aliphatic heterocycles. The standard InChI is InChI=1S/C12H22N4O5S/c13-10(18)12(19)5-8(16-11(14)15)9-7(12)4-6(2-1-3-17)22(9,20)21/h6-9,17,19H,1-5H2,(H2,13,18)(H4,14,15,16). The molecule has 1 saturated carbocycles. The first kappa shape index (κ1) is 17.0. The first-order valence-corrected chi connectivity index (χ1v) is 8.70. The Hall–Kier alpha value is -1.39. The predicted molar refractivity (Wildman–Crippen MR) is 79.3 cm³/mol. The van der Waals surface area contributed by atoms with E-state index < -0.39 is 43.8 Å². The Morgan fingerprint density at radius 3 is 2.45 bits per heavy atom. The fourth-order valence-corrected chi connectivity index (χ4v) is 6.54. The van der Waals surface area contributed by atoms with E-state index in [4.69, 9.17) is 22.3 Å². The molecule has 1 saturated heterocycles. The van der Waals surface area contributed by atoms with Crippen molar-refractivity contribution in [3.63, 3.8) is 0 Å². The summed E-state index contributed by atoms with van der Waals surface area (Å²) in [5, 5.41) is 17.7. The molecule has 5 atom stereocenters.